The zero-order chi connectivity index (χ0) is 8.85. The second kappa shape index (κ2) is 4.60. The summed E-state index contributed by atoms with van der Waals surface area (Å²) in [6, 6.07) is 0. The Bertz CT molecular complexity index is 194. The van der Waals surface area contributed by atoms with Crippen LogP contribution in [0.4, 0.5) is 0 Å². The fourth-order valence-corrected chi connectivity index (χ4v) is 0.500. The summed E-state index contributed by atoms with van der Waals surface area (Å²) in [7, 11) is 0. The Hall–Kier alpha value is -1.19. The number of esters is 1. The molecule has 0 saturated heterocycles. The molecule has 0 amide bonds. The predicted octanol–water partition coefficient (Wildman–Crippen LogP) is -0.399. The van der Waals surface area contributed by atoms with Gasteiger partial charge in [-0.3, -0.25) is 0 Å². The maximum absolute atomic E-state index is 10.7. The first-order valence-electron chi connectivity index (χ1n) is 3.20. The van der Waals surface area contributed by atoms with Gasteiger partial charge in [0.2, 0.25) is 0 Å². The van der Waals surface area contributed by atoms with E-state index in [0.29, 0.717) is 0 Å². The van der Waals surface area contributed by atoms with Gasteiger partial charge in [-0.15, -0.1) is 0 Å². The molecule has 0 bridgehead atoms. The lowest BCUT2D eigenvalue weighted by Crippen LogP contribution is -2.28. The number of hydrogen-bond donors (Lipinski definition) is 1. The average molecular weight is 158 g/mol. The van der Waals surface area contributed by atoms with Gasteiger partial charge >= 0.3 is 11.7 Å². The van der Waals surface area contributed by atoms with Crippen molar-refractivity contribution in [3.05, 3.63) is 5.53 Å². The summed E-state index contributed by atoms with van der Waals surface area (Å²) in [5, 5.41) is 8.82. The Morgan fingerprint density at radius 3 is 2.64 bits per heavy atom. The number of nitrogens with zero attached hydrogens (tertiary/aromatic N) is 2. The van der Waals surface area contributed by atoms with Crippen molar-refractivity contribution in [3.8, 4) is 0 Å². The number of carbonyl (C=O) groups excluding carboxylic acids is 1. The normalized spacial score (nSPS) is 11.5. The summed E-state index contributed by atoms with van der Waals surface area (Å²) in [4.78, 5) is 13.3. The molecule has 0 rings (SSSR count). The van der Waals surface area contributed by atoms with E-state index >= 15 is 0 Å². The van der Waals surface area contributed by atoms with E-state index in [9.17, 15) is 4.79 Å². The summed E-state index contributed by atoms with van der Waals surface area (Å²) in [6.07, 6.45) is -1.11. The largest absolute Gasteiger partial charge is 0.457 e. The molecule has 0 heterocycles. The zero-order valence-corrected chi connectivity index (χ0v) is 6.44. The summed E-state index contributed by atoms with van der Waals surface area (Å²) in [5.74, 6) is -0.801. The van der Waals surface area contributed by atoms with Crippen LogP contribution in [-0.2, 0) is 9.53 Å². The molecule has 5 heteroatoms. The van der Waals surface area contributed by atoms with E-state index in [-0.39, 0.29) is 12.3 Å². The van der Waals surface area contributed by atoms with E-state index < -0.39 is 12.1 Å². The van der Waals surface area contributed by atoms with Crippen LogP contribution in [0.25, 0.3) is 5.53 Å². The fourth-order valence-electron chi connectivity index (χ4n) is 0.500. The van der Waals surface area contributed by atoms with Crippen LogP contribution in [0.2, 0.25) is 0 Å². The summed E-state index contributed by atoms with van der Waals surface area (Å²) >= 11 is 0. The van der Waals surface area contributed by atoms with Crippen LogP contribution in [0, 0.1) is 0 Å². The van der Waals surface area contributed by atoms with Gasteiger partial charge in [-0.25, -0.2) is 4.79 Å². The molecule has 0 aliphatic rings. The molecule has 0 spiro atoms. The van der Waals surface area contributed by atoms with Crippen molar-refractivity contribution < 1.29 is 19.4 Å². The minimum absolute atomic E-state index is 0.185. The Morgan fingerprint density at radius 1 is 1.82 bits per heavy atom. The van der Waals surface area contributed by atoms with Crippen LogP contribution in [0.5, 0.6) is 0 Å². The lowest BCUT2D eigenvalue weighted by atomic mass is 10.2. The molecular weight excluding hydrogens is 148 g/mol. The highest BCUT2D eigenvalue weighted by Crippen LogP contribution is 1.87. The molecule has 1 unspecified atom stereocenters. The molecule has 0 aromatic carbocycles. The molecule has 0 aliphatic carbocycles. The van der Waals surface area contributed by atoms with E-state index in [1.807, 2.05) is 0 Å². The van der Waals surface area contributed by atoms with Crippen LogP contribution >= 0.6 is 0 Å². The third-order valence-electron chi connectivity index (χ3n) is 0.988. The summed E-state index contributed by atoms with van der Waals surface area (Å²) in [5.41, 5.74) is 7.84. The van der Waals surface area contributed by atoms with Crippen LogP contribution < -0.4 is 0 Å². The van der Waals surface area contributed by atoms with Gasteiger partial charge in [0.05, 0.1) is 6.61 Å². The van der Waals surface area contributed by atoms with Gasteiger partial charge in [0.1, 0.15) is 0 Å². The maximum atomic E-state index is 10.7. The van der Waals surface area contributed by atoms with Crippen molar-refractivity contribution in [1.82, 2.24) is 0 Å². The first kappa shape index (κ1) is 9.81. The molecule has 62 valence electrons. The van der Waals surface area contributed by atoms with Gasteiger partial charge in [-0.05, 0) is 13.8 Å². The van der Waals surface area contributed by atoms with Crippen molar-refractivity contribution in [1.29, 1.82) is 0 Å². The SMILES string of the molecule is CCOC(=O)C(=[N+]=[N-])C(C)O. The fraction of sp³-hybridized carbons (Fsp3) is 0.667. The molecule has 0 aromatic heterocycles. The van der Waals surface area contributed by atoms with Gasteiger partial charge in [-0.1, -0.05) is 0 Å². The minimum Gasteiger partial charge on any atom is -0.457 e. The Kier molecular flexibility index (Phi) is 4.10. The number of aliphatic hydroxyl groups excluding tert-OH is 1. The van der Waals surface area contributed by atoms with Crippen molar-refractivity contribution in [2.45, 2.75) is 20.0 Å². The first-order chi connectivity index (χ1) is 5.13. The number of ether oxygens (including phenoxy) is 1. The highest BCUT2D eigenvalue weighted by molar-refractivity contribution is 6.35. The molecule has 5 nitrogen and oxygen atoms in total. The molecule has 0 radical (unpaired) electrons. The van der Waals surface area contributed by atoms with E-state index in [4.69, 9.17) is 10.6 Å². The Morgan fingerprint density at radius 2 is 2.36 bits per heavy atom. The standard InChI is InChI=1S/C6H10N2O3/c1-3-11-6(10)5(8-7)4(2)9/h4,9H,3H2,1-2H3. The molecule has 0 fully saturated rings. The topological polar surface area (TPSA) is 82.9 Å². The van der Waals surface area contributed by atoms with E-state index in [1.165, 1.54) is 6.92 Å². The quantitative estimate of drug-likeness (QED) is 0.262. The van der Waals surface area contributed by atoms with Gasteiger partial charge in [0, 0.05) is 0 Å². The monoisotopic (exact) mass is 158 g/mol. The maximum Gasteiger partial charge on any atom is 0.419 e. The average Bonchev–Trinajstić information content (AvgIpc) is 1.88. The number of aliphatic hydroxyl groups is 1. The van der Waals surface area contributed by atoms with Crippen molar-refractivity contribution in [3.63, 3.8) is 0 Å². The van der Waals surface area contributed by atoms with Gasteiger partial charge in [0.25, 0.3) is 0 Å². The van der Waals surface area contributed by atoms with Crippen LogP contribution in [0.1, 0.15) is 13.8 Å². The van der Waals surface area contributed by atoms with Gasteiger partial charge in [0.15, 0.2) is 6.10 Å². The van der Waals surface area contributed by atoms with Crippen LogP contribution in [-0.4, -0.2) is 34.3 Å². The first-order valence-corrected chi connectivity index (χ1v) is 3.20. The van der Waals surface area contributed by atoms with Crippen molar-refractivity contribution in [2.24, 2.45) is 0 Å². The molecule has 11 heavy (non-hydrogen) atoms. The smallest absolute Gasteiger partial charge is 0.419 e. The van der Waals surface area contributed by atoms with Crippen LogP contribution in [0.3, 0.4) is 0 Å². The van der Waals surface area contributed by atoms with Gasteiger partial charge < -0.3 is 15.4 Å². The second-order valence-electron chi connectivity index (χ2n) is 1.88. The third kappa shape index (κ3) is 2.93. The van der Waals surface area contributed by atoms with Gasteiger partial charge in [-0.2, -0.15) is 4.79 Å². The molecule has 0 aromatic rings. The lowest BCUT2D eigenvalue weighted by molar-refractivity contribution is -0.141. The predicted molar refractivity (Wildman–Crippen MR) is 36.9 cm³/mol. The molecule has 0 aliphatic heterocycles. The highest BCUT2D eigenvalue weighted by atomic mass is 16.5. The zero-order valence-electron chi connectivity index (χ0n) is 6.44. The summed E-state index contributed by atoms with van der Waals surface area (Å²) < 4.78 is 4.47. The van der Waals surface area contributed by atoms with Crippen LogP contribution in [0.15, 0.2) is 0 Å². The lowest BCUT2D eigenvalue weighted by Gasteiger charge is -1.97. The highest BCUT2D eigenvalue weighted by Gasteiger charge is 2.26. The molecule has 1 atom stereocenters. The van der Waals surface area contributed by atoms with Crippen molar-refractivity contribution in [2.75, 3.05) is 6.61 Å². The molecule has 0 saturated carbocycles. The molecular formula is C6H10N2O3. The Balaban J connectivity index is 4.29. The number of carbonyl (C=O) groups is 1. The second-order valence-corrected chi connectivity index (χ2v) is 1.88. The van der Waals surface area contributed by atoms with E-state index in [1.54, 1.807) is 6.92 Å². The minimum atomic E-state index is -1.11. The van der Waals surface area contributed by atoms with Crippen molar-refractivity contribution >= 4 is 11.7 Å². The third-order valence-corrected chi connectivity index (χ3v) is 0.988. The van der Waals surface area contributed by atoms with E-state index in [0.717, 1.165) is 0 Å². The molecule has 1 N–H and O–H groups in total. The number of rotatable bonds is 3. The summed E-state index contributed by atoms with van der Waals surface area (Å²) in [6.45, 7) is 3.12. The number of hydrogen-bond acceptors (Lipinski definition) is 3. The van der Waals surface area contributed by atoms with E-state index in [2.05, 4.69) is 9.53 Å². The Labute approximate surface area is 64.2 Å².